The molecule has 0 atom stereocenters. The number of carbonyl (C=O) groups excluding carboxylic acids is 1. The molecule has 0 aromatic heterocycles. The van der Waals surface area contributed by atoms with Crippen LogP contribution in [-0.4, -0.2) is 49.8 Å². The summed E-state index contributed by atoms with van der Waals surface area (Å²) in [6, 6.07) is 10.5. The molecular weight excluding hydrogens is 487 g/mol. The van der Waals surface area contributed by atoms with Gasteiger partial charge in [0.2, 0.25) is 0 Å². The van der Waals surface area contributed by atoms with Crippen molar-refractivity contribution in [2.24, 2.45) is 5.92 Å². The van der Waals surface area contributed by atoms with E-state index in [0.717, 1.165) is 0 Å². The number of nitrogens with zero attached hydrogens (tertiary/aromatic N) is 2. The molecule has 0 aliphatic carbocycles. The van der Waals surface area contributed by atoms with Gasteiger partial charge in [0.15, 0.2) is 0 Å². The lowest BCUT2D eigenvalue weighted by atomic mass is 9.97. The van der Waals surface area contributed by atoms with E-state index in [1.54, 1.807) is 23.1 Å². The van der Waals surface area contributed by atoms with Crippen LogP contribution in [0.2, 0.25) is 10.0 Å². The van der Waals surface area contributed by atoms with Gasteiger partial charge in [-0.2, -0.15) is 0 Å². The Morgan fingerprint density at radius 3 is 2.39 bits per heavy atom. The topological polar surface area (TPSA) is 87.2 Å². The summed E-state index contributed by atoms with van der Waals surface area (Å²) in [6.07, 6.45) is 0.793. The van der Waals surface area contributed by atoms with Gasteiger partial charge in [-0.25, -0.2) is 13.2 Å². The molecule has 7 nitrogen and oxygen atoms in total. The molecule has 1 amide bonds. The number of likely N-dealkylation sites (tertiary alicyclic amines) is 1. The highest BCUT2D eigenvalue weighted by Crippen LogP contribution is 2.36. The second-order valence-electron chi connectivity index (χ2n) is 9.01. The lowest BCUT2D eigenvalue weighted by Crippen LogP contribution is -2.44. The van der Waals surface area contributed by atoms with Gasteiger partial charge in [-0.15, -0.1) is 0 Å². The Labute approximate surface area is 204 Å². The van der Waals surface area contributed by atoms with E-state index in [0.29, 0.717) is 25.9 Å². The van der Waals surface area contributed by atoms with Crippen molar-refractivity contribution in [1.29, 1.82) is 0 Å². The van der Waals surface area contributed by atoms with Crippen molar-refractivity contribution >= 4 is 45.0 Å². The number of aromatic hydroxyl groups is 1. The van der Waals surface area contributed by atoms with Gasteiger partial charge in [-0.3, -0.25) is 4.31 Å². The molecule has 2 aromatic carbocycles. The maximum absolute atomic E-state index is 13.6. The Balaban J connectivity index is 1.85. The van der Waals surface area contributed by atoms with Gasteiger partial charge in [0.1, 0.15) is 16.2 Å². The van der Waals surface area contributed by atoms with Crippen LogP contribution in [0.4, 0.5) is 10.5 Å². The largest absolute Gasteiger partial charge is 0.506 e. The molecule has 1 aliphatic heterocycles. The SMILES string of the molecule is CC(C)(C)OC(=O)N1CCC(CN(c2ccccc2O)S(=O)(=O)c2cc(Cl)ccc2Cl)CC1. The van der Waals surface area contributed by atoms with Crippen molar-refractivity contribution in [3.05, 3.63) is 52.5 Å². The van der Waals surface area contributed by atoms with Crippen LogP contribution < -0.4 is 4.31 Å². The molecule has 1 saturated heterocycles. The number of phenolic OH excluding ortho intramolecular Hbond substituents is 1. The van der Waals surface area contributed by atoms with Crippen LogP contribution in [-0.2, 0) is 14.8 Å². The van der Waals surface area contributed by atoms with Crippen molar-refractivity contribution < 1.29 is 23.1 Å². The molecule has 2 aromatic rings. The normalized spacial score (nSPS) is 15.4. The summed E-state index contributed by atoms with van der Waals surface area (Å²) in [4.78, 5) is 13.9. The minimum absolute atomic E-state index is 0.0413. The average molecular weight is 515 g/mol. The predicted molar refractivity (Wildman–Crippen MR) is 130 cm³/mol. The molecule has 1 N–H and O–H groups in total. The number of carbonyl (C=O) groups is 1. The Morgan fingerprint density at radius 2 is 1.79 bits per heavy atom. The van der Waals surface area contributed by atoms with E-state index in [1.807, 2.05) is 20.8 Å². The van der Waals surface area contributed by atoms with E-state index < -0.39 is 15.6 Å². The van der Waals surface area contributed by atoms with Crippen LogP contribution in [0, 0.1) is 5.92 Å². The summed E-state index contributed by atoms with van der Waals surface area (Å²) in [5.41, 5.74) is -0.428. The van der Waals surface area contributed by atoms with E-state index in [1.165, 1.54) is 28.6 Å². The highest BCUT2D eigenvalue weighted by Gasteiger charge is 2.34. The number of sulfonamides is 1. The number of benzene rings is 2. The first kappa shape index (κ1) is 25.5. The third kappa shape index (κ3) is 6.25. The average Bonchev–Trinajstić information content (AvgIpc) is 2.73. The van der Waals surface area contributed by atoms with Gasteiger partial charge in [-0.05, 0) is 69.9 Å². The van der Waals surface area contributed by atoms with E-state index in [9.17, 15) is 18.3 Å². The van der Waals surface area contributed by atoms with Crippen molar-refractivity contribution in [3.63, 3.8) is 0 Å². The van der Waals surface area contributed by atoms with Crippen LogP contribution in [0.5, 0.6) is 5.75 Å². The van der Waals surface area contributed by atoms with Crippen LogP contribution in [0.3, 0.4) is 0 Å². The molecule has 0 spiro atoms. The van der Waals surface area contributed by atoms with Gasteiger partial charge in [0, 0.05) is 24.7 Å². The molecule has 33 heavy (non-hydrogen) atoms. The maximum Gasteiger partial charge on any atom is 0.410 e. The van der Waals surface area contributed by atoms with Gasteiger partial charge in [-0.1, -0.05) is 35.3 Å². The Hall–Kier alpha value is -2.16. The number of hydrogen-bond acceptors (Lipinski definition) is 5. The molecule has 1 aliphatic rings. The zero-order valence-corrected chi connectivity index (χ0v) is 21.1. The first-order valence-electron chi connectivity index (χ1n) is 10.6. The van der Waals surface area contributed by atoms with Gasteiger partial charge in [0.25, 0.3) is 10.0 Å². The lowest BCUT2D eigenvalue weighted by Gasteiger charge is -2.36. The fourth-order valence-corrected chi connectivity index (χ4v) is 5.95. The third-order valence-corrected chi connectivity index (χ3v) is 7.80. The van der Waals surface area contributed by atoms with E-state index in [-0.39, 0.29) is 44.9 Å². The minimum atomic E-state index is -4.13. The minimum Gasteiger partial charge on any atom is -0.506 e. The number of para-hydroxylation sites is 2. The van der Waals surface area contributed by atoms with Gasteiger partial charge < -0.3 is 14.7 Å². The van der Waals surface area contributed by atoms with Gasteiger partial charge >= 0.3 is 6.09 Å². The highest BCUT2D eigenvalue weighted by atomic mass is 35.5. The molecule has 0 saturated carbocycles. The van der Waals surface area contributed by atoms with Crippen LogP contribution in [0.1, 0.15) is 33.6 Å². The number of piperidine rings is 1. The molecule has 10 heteroatoms. The number of phenols is 1. The summed E-state index contributed by atoms with van der Waals surface area (Å²) in [5, 5.41) is 10.7. The molecule has 1 heterocycles. The standard InChI is InChI=1S/C23H28Cl2N2O5S/c1-23(2,3)32-22(29)26-12-10-16(11-13-26)15-27(19-6-4-5-7-20(19)28)33(30,31)21-14-17(24)8-9-18(21)25/h4-9,14,16,28H,10-13,15H2,1-3H3. The summed E-state index contributed by atoms with van der Waals surface area (Å²) in [7, 11) is -4.13. The second kappa shape index (κ2) is 9.99. The number of rotatable bonds is 5. The third-order valence-electron chi connectivity index (χ3n) is 5.30. The number of amides is 1. The highest BCUT2D eigenvalue weighted by molar-refractivity contribution is 7.93. The summed E-state index contributed by atoms with van der Waals surface area (Å²) < 4.78 is 33.9. The molecule has 0 radical (unpaired) electrons. The summed E-state index contributed by atoms with van der Waals surface area (Å²) >= 11 is 12.3. The van der Waals surface area contributed by atoms with Crippen LogP contribution >= 0.6 is 23.2 Å². The summed E-state index contributed by atoms with van der Waals surface area (Å²) in [6.45, 7) is 6.46. The Kier molecular flexibility index (Phi) is 7.71. The molecular formula is C23H28Cl2N2O5S. The molecule has 0 bridgehead atoms. The van der Waals surface area contributed by atoms with Crippen LogP contribution in [0.25, 0.3) is 0 Å². The quantitative estimate of drug-likeness (QED) is 0.565. The first-order chi connectivity index (χ1) is 15.4. The second-order valence-corrected chi connectivity index (χ2v) is 11.7. The monoisotopic (exact) mass is 514 g/mol. The van der Waals surface area contributed by atoms with E-state index in [4.69, 9.17) is 27.9 Å². The first-order valence-corrected chi connectivity index (χ1v) is 12.8. The van der Waals surface area contributed by atoms with E-state index in [2.05, 4.69) is 0 Å². The van der Waals surface area contributed by atoms with Crippen molar-refractivity contribution in [3.8, 4) is 5.75 Å². The Bertz CT molecular complexity index is 1110. The number of ether oxygens (including phenoxy) is 1. The van der Waals surface area contributed by atoms with Crippen LogP contribution in [0.15, 0.2) is 47.4 Å². The fourth-order valence-electron chi connectivity index (χ4n) is 3.65. The smallest absolute Gasteiger partial charge is 0.410 e. The molecule has 1 fully saturated rings. The molecule has 180 valence electrons. The molecule has 0 unspecified atom stereocenters. The zero-order valence-electron chi connectivity index (χ0n) is 18.8. The summed E-state index contributed by atoms with van der Waals surface area (Å²) in [5.74, 6) is -0.207. The number of hydrogen-bond donors (Lipinski definition) is 1. The maximum atomic E-state index is 13.6. The predicted octanol–water partition coefficient (Wildman–Crippen LogP) is 5.54. The van der Waals surface area contributed by atoms with Crippen molar-refractivity contribution in [2.45, 2.75) is 44.1 Å². The zero-order chi connectivity index (χ0) is 24.4. The number of anilines is 1. The number of halogens is 2. The van der Waals surface area contributed by atoms with Gasteiger partial charge in [0.05, 0.1) is 10.7 Å². The molecule has 3 rings (SSSR count). The lowest BCUT2D eigenvalue weighted by molar-refractivity contribution is 0.0187. The van der Waals surface area contributed by atoms with Crippen molar-refractivity contribution in [2.75, 3.05) is 23.9 Å². The Morgan fingerprint density at radius 1 is 1.15 bits per heavy atom. The van der Waals surface area contributed by atoms with E-state index >= 15 is 0 Å². The fraction of sp³-hybridized carbons (Fsp3) is 0.435. The van der Waals surface area contributed by atoms with Crippen molar-refractivity contribution in [1.82, 2.24) is 4.90 Å².